The molecule has 33 heavy (non-hydrogen) atoms. The molecule has 0 aliphatic rings. The molecule has 3 aromatic rings. The number of ether oxygens (including phenoxy) is 8. The molecular formula is C23H26O10. The predicted octanol–water partition coefficient (Wildman–Crippen LogP) is 3.53. The van der Waals surface area contributed by atoms with Crippen molar-refractivity contribution in [2.75, 3.05) is 56.9 Å². The van der Waals surface area contributed by atoms with Crippen molar-refractivity contribution in [2.24, 2.45) is 0 Å². The summed E-state index contributed by atoms with van der Waals surface area (Å²) in [7, 11) is 11.6. The highest BCUT2D eigenvalue weighted by Crippen LogP contribution is 2.53. The molecular weight excluding hydrogens is 436 g/mol. The van der Waals surface area contributed by atoms with E-state index >= 15 is 0 Å². The Morgan fingerprint density at radius 2 is 1.03 bits per heavy atom. The van der Waals surface area contributed by atoms with Gasteiger partial charge in [0, 0.05) is 6.07 Å². The molecule has 10 heteroatoms. The van der Waals surface area contributed by atoms with Crippen molar-refractivity contribution in [3.8, 4) is 57.3 Å². The lowest BCUT2D eigenvalue weighted by Crippen LogP contribution is -2.07. The third-order valence-corrected chi connectivity index (χ3v) is 5.07. The summed E-state index contributed by atoms with van der Waals surface area (Å²) >= 11 is 0. The fourth-order valence-corrected chi connectivity index (χ4v) is 3.69. The van der Waals surface area contributed by atoms with Crippen LogP contribution in [0.15, 0.2) is 21.3 Å². The van der Waals surface area contributed by atoms with Crippen LogP contribution in [0.4, 0.5) is 0 Å². The molecule has 0 aliphatic heterocycles. The molecule has 0 amide bonds. The first-order valence-electron chi connectivity index (χ1n) is 9.67. The Morgan fingerprint density at radius 3 is 1.52 bits per heavy atom. The van der Waals surface area contributed by atoms with E-state index in [1.54, 1.807) is 6.07 Å². The molecule has 1 heterocycles. The summed E-state index contributed by atoms with van der Waals surface area (Å²) in [6.07, 6.45) is 0. The molecule has 0 fully saturated rings. The van der Waals surface area contributed by atoms with Crippen molar-refractivity contribution in [3.63, 3.8) is 0 Å². The monoisotopic (exact) mass is 462 g/mol. The van der Waals surface area contributed by atoms with E-state index in [1.807, 2.05) is 0 Å². The Kier molecular flexibility index (Phi) is 6.95. The average molecular weight is 462 g/mol. The van der Waals surface area contributed by atoms with Crippen LogP contribution in [0.3, 0.4) is 0 Å². The second kappa shape index (κ2) is 9.68. The second-order valence-corrected chi connectivity index (χ2v) is 6.54. The largest absolute Gasteiger partial charge is 0.493 e. The molecule has 0 aliphatic carbocycles. The quantitative estimate of drug-likeness (QED) is 0.469. The van der Waals surface area contributed by atoms with E-state index in [0.717, 1.165) is 0 Å². The molecule has 0 N–H and O–H groups in total. The van der Waals surface area contributed by atoms with Gasteiger partial charge in [-0.25, -0.2) is 0 Å². The van der Waals surface area contributed by atoms with Gasteiger partial charge in [0.05, 0.1) is 62.4 Å². The number of methoxy groups -OCH3 is 8. The maximum Gasteiger partial charge on any atom is 0.211 e. The summed E-state index contributed by atoms with van der Waals surface area (Å²) in [4.78, 5) is 13.3. The summed E-state index contributed by atoms with van der Waals surface area (Å²) in [6, 6.07) is 2.92. The van der Waals surface area contributed by atoms with Crippen LogP contribution in [0.1, 0.15) is 0 Å². The van der Waals surface area contributed by atoms with Crippen molar-refractivity contribution < 1.29 is 42.3 Å². The van der Waals surface area contributed by atoms with E-state index in [-0.39, 0.29) is 51.2 Å². The van der Waals surface area contributed by atoms with Crippen molar-refractivity contribution in [1.29, 1.82) is 0 Å². The third-order valence-electron chi connectivity index (χ3n) is 5.07. The summed E-state index contributed by atoms with van der Waals surface area (Å²) in [5.74, 6) is 2.13. The molecule has 0 bridgehead atoms. The first-order chi connectivity index (χ1) is 15.9. The van der Waals surface area contributed by atoms with Crippen molar-refractivity contribution in [3.05, 3.63) is 22.4 Å². The van der Waals surface area contributed by atoms with Gasteiger partial charge in [0.15, 0.2) is 28.3 Å². The maximum atomic E-state index is 13.3. The lowest BCUT2D eigenvalue weighted by Gasteiger charge is -2.20. The van der Waals surface area contributed by atoms with E-state index in [2.05, 4.69) is 0 Å². The van der Waals surface area contributed by atoms with Crippen LogP contribution in [-0.4, -0.2) is 56.9 Å². The second-order valence-electron chi connectivity index (χ2n) is 6.54. The zero-order valence-corrected chi connectivity index (χ0v) is 19.7. The van der Waals surface area contributed by atoms with Gasteiger partial charge >= 0.3 is 0 Å². The lowest BCUT2D eigenvalue weighted by atomic mass is 10.1. The van der Waals surface area contributed by atoms with E-state index < -0.39 is 5.43 Å². The standard InChI is InChI=1S/C23H26O10/c1-25-14-9-11(16(26-2)20(29-5)17(14)27-3)13-10-12(24)15-18(28-4)21(30-6)23(32-8)22(31-7)19(15)33-13/h9-10H,1-8H3. The van der Waals surface area contributed by atoms with Gasteiger partial charge < -0.3 is 42.3 Å². The van der Waals surface area contributed by atoms with Crippen molar-refractivity contribution >= 4 is 11.0 Å². The van der Waals surface area contributed by atoms with Gasteiger partial charge in [-0.3, -0.25) is 4.79 Å². The van der Waals surface area contributed by atoms with Crippen LogP contribution in [0.2, 0.25) is 0 Å². The van der Waals surface area contributed by atoms with Gasteiger partial charge in [-0.2, -0.15) is 0 Å². The molecule has 178 valence electrons. The minimum atomic E-state index is -0.404. The van der Waals surface area contributed by atoms with Gasteiger partial charge in [0.25, 0.3) is 0 Å². The first kappa shape index (κ1) is 23.7. The molecule has 10 nitrogen and oxygen atoms in total. The fraction of sp³-hybridized carbons (Fsp3) is 0.348. The minimum Gasteiger partial charge on any atom is -0.493 e. The number of rotatable bonds is 9. The molecule has 0 unspecified atom stereocenters. The van der Waals surface area contributed by atoms with Gasteiger partial charge in [0.2, 0.25) is 28.7 Å². The van der Waals surface area contributed by atoms with E-state index in [1.165, 1.54) is 62.9 Å². The van der Waals surface area contributed by atoms with Crippen LogP contribution in [0.25, 0.3) is 22.3 Å². The Balaban J connectivity index is 2.50. The molecule has 0 radical (unpaired) electrons. The lowest BCUT2D eigenvalue weighted by molar-refractivity contribution is 0.305. The topological polar surface area (TPSA) is 104 Å². The first-order valence-corrected chi connectivity index (χ1v) is 9.67. The maximum absolute atomic E-state index is 13.3. The van der Waals surface area contributed by atoms with E-state index in [4.69, 9.17) is 42.3 Å². The number of hydrogen-bond donors (Lipinski definition) is 0. The van der Waals surface area contributed by atoms with Crippen LogP contribution in [0.5, 0.6) is 46.0 Å². The van der Waals surface area contributed by atoms with Gasteiger partial charge in [-0.05, 0) is 6.07 Å². The summed E-state index contributed by atoms with van der Waals surface area (Å²) < 4.78 is 50.0. The van der Waals surface area contributed by atoms with Gasteiger partial charge in [0.1, 0.15) is 11.1 Å². The molecule has 2 aromatic carbocycles. The average Bonchev–Trinajstić information content (AvgIpc) is 2.85. The number of benzene rings is 2. The summed E-state index contributed by atoms with van der Waals surface area (Å²) in [5.41, 5.74) is 0.0882. The molecule has 3 rings (SSSR count). The van der Waals surface area contributed by atoms with Crippen LogP contribution in [0, 0.1) is 0 Å². The smallest absolute Gasteiger partial charge is 0.211 e. The zero-order chi connectivity index (χ0) is 24.3. The summed E-state index contributed by atoms with van der Waals surface area (Å²) in [5, 5.41) is 0.127. The molecule has 1 aromatic heterocycles. The Labute approximate surface area is 190 Å². The van der Waals surface area contributed by atoms with Crippen LogP contribution in [-0.2, 0) is 0 Å². The Morgan fingerprint density at radius 1 is 0.545 bits per heavy atom. The number of hydrogen-bond acceptors (Lipinski definition) is 10. The predicted molar refractivity (Wildman–Crippen MR) is 120 cm³/mol. The molecule has 0 saturated carbocycles. The van der Waals surface area contributed by atoms with Crippen LogP contribution < -0.4 is 43.3 Å². The highest BCUT2D eigenvalue weighted by atomic mass is 16.6. The molecule has 0 spiro atoms. The van der Waals surface area contributed by atoms with Crippen LogP contribution >= 0.6 is 0 Å². The zero-order valence-electron chi connectivity index (χ0n) is 19.7. The molecule has 0 atom stereocenters. The molecule has 0 saturated heterocycles. The normalized spacial score (nSPS) is 10.5. The Hall–Kier alpha value is -3.95. The third kappa shape index (κ3) is 3.67. The summed E-state index contributed by atoms with van der Waals surface area (Å²) in [6.45, 7) is 0. The highest BCUT2D eigenvalue weighted by Gasteiger charge is 2.29. The van der Waals surface area contributed by atoms with Crippen molar-refractivity contribution in [1.82, 2.24) is 0 Å². The Bertz CT molecular complexity index is 1230. The van der Waals surface area contributed by atoms with E-state index in [9.17, 15) is 4.79 Å². The van der Waals surface area contributed by atoms with Gasteiger partial charge in [-0.1, -0.05) is 0 Å². The fourth-order valence-electron chi connectivity index (χ4n) is 3.69. The van der Waals surface area contributed by atoms with Crippen molar-refractivity contribution in [2.45, 2.75) is 0 Å². The minimum absolute atomic E-state index is 0.102. The SMILES string of the molecule is COc1cc(-c2cc(=O)c3c(OC)c(OC)c(OC)c(OC)c3o2)c(OC)c(OC)c1OC. The van der Waals surface area contributed by atoms with Gasteiger partial charge in [-0.15, -0.1) is 0 Å². The highest BCUT2D eigenvalue weighted by molar-refractivity contribution is 5.96. The number of fused-ring (bicyclic) bond motifs is 1. The van der Waals surface area contributed by atoms with E-state index in [0.29, 0.717) is 17.1 Å².